The van der Waals surface area contributed by atoms with Gasteiger partial charge in [-0.05, 0) is 44.2 Å². The van der Waals surface area contributed by atoms with E-state index in [9.17, 15) is 13.2 Å². The molecule has 0 aliphatic heterocycles. The fourth-order valence-corrected chi connectivity index (χ4v) is 2.88. The Hall–Kier alpha value is -2.52. The lowest BCUT2D eigenvalue weighted by Gasteiger charge is -2.09. The van der Waals surface area contributed by atoms with Gasteiger partial charge in [0.1, 0.15) is 0 Å². The maximum atomic E-state index is 12.3. The van der Waals surface area contributed by atoms with Crippen LogP contribution in [0.4, 0.5) is 11.6 Å². The second kappa shape index (κ2) is 8.54. The van der Waals surface area contributed by atoms with Gasteiger partial charge < -0.3 is 10.1 Å². The summed E-state index contributed by atoms with van der Waals surface area (Å²) in [5.74, 6) is -0.191. The summed E-state index contributed by atoms with van der Waals surface area (Å²) in [7, 11) is -3.80. The molecule has 25 heavy (non-hydrogen) atoms. The average molecular weight is 364 g/mol. The lowest BCUT2D eigenvalue weighted by atomic mass is 10.3. The van der Waals surface area contributed by atoms with Gasteiger partial charge in [0, 0.05) is 24.2 Å². The van der Waals surface area contributed by atoms with Crippen molar-refractivity contribution < 1.29 is 17.9 Å². The van der Waals surface area contributed by atoms with E-state index in [4.69, 9.17) is 4.74 Å². The van der Waals surface area contributed by atoms with E-state index < -0.39 is 10.0 Å². The smallest absolute Gasteiger partial charge is 0.264 e. The predicted octanol–water partition coefficient (Wildman–Crippen LogP) is 1.95. The van der Waals surface area contributed by atoms with Crippen LogP contribution < -0.4 is 10.0 Å². The Labute approximate surface area is 146 Å². The maximum Gasteiger partial charge on any atom is 0.264 e. The molecule has 134 valence electrons. The number of benzene rings is 1. The number of hydrogen-bond donors (Lipinski definition) is 2. The van der Waals surface area contributed by atoms with E-state index in [1.165, 1.54) is 30.5 Å². The molecule has 0 aliphatic carbocycles. The van der Waals surface area contributed by atoms with Crippen molar-refractivity contribution in [1.82, 2.24) is 9.97 Å². The van der Waals surface area contributed by atoms with Gasteiger partial charge >= 0.3 is 0 Å². The summed E-state index contributed by atoms with van der Waals surface area (Å²) in [5.41, 5.74) is 1.16. The van der Waals surface area contributed by atoms with Crippen LogP contribution in [-0.4, -0.2) is 37.5 Å². The second-order valence-corrected chi connectivity index (χ2v) is 6.83. The molecule has 0 aliphatic rings. The summed E-state index contributed by atoms with van der Waals surface area (Å²) >= 11 is 0. The third-order valence-corrected chi connectivity index (χ3v) is 4.49. The number of aryl methyl sites for hydroxylation is 1. The van der Waals surface area contributed by atoms with E-state index >= 15 is 0 Å². The summed E-state index contributed by atoms with van der Waals surface area (Å²) in [6.45, 7) is 4.49. The standard InChI is InChI=1S/C16H20N4O4S/c1-3-24-11-9-15(21)19-13-4-6-14(7-5-13)25(22,23)20-16-17-10-8-12(2)18-16/h4-8,10H,3,9,11H2,1-2H3,(H,19,21)(H,17,18,20). The van der Waals surface area contributed by atoms with Crippen LogP contribution in [0.15, 0.2) is 41.4 Å². The molecule has 2 aromatic rings. The Bertz CT molecular complexity index is 822. The van der Waals surface area contributed by atoms with E-state index in [-0.39, 0.29) is 23.2 Å². The molecule has 1 aromatic heterocycles. The van der Waals surface area contributed by atoms with Crippen molar-refractivity contribution in [2.75, 3.05) is 23.3 Å². The van der Waals surface area contributed by atoms with Crippen LogP contribution in [-0.2, 0) is 19.6 Å². The lowest BCUT2D eigenvalue weighted by Crippen LogP contribution is -2.16. The summed E-state index contributed by atoms with van der Waals surface area (Å²) in [6, 6.07) is 7.50. The normalized spacial score (nSPS) is 11.1. The summed E-state index contributed by atoms with van der Waals surface area (Å²) in [4.78, 5) is 19.6. The van der Waals surface area contributed by atoms with E-state index in [1.807, 2.05) is 6.92 Å². The molecule has 8 nitrogen and oxygen atoms in total. The molecule has 1 aromatic carbocycles. The zero-order valence-electron chi connectivity index (χ0n) is 14.0. The SMILES string of the molecule is CCOCCC(=O)Nc1ccc(S(=O)(=O)Nc2nccc(C)n2)cc1. The Morgan fingerprint density at radius 1 is 1.20 bits per heavy atom. The lowest BCUT2D eigenvalue weighted by molar-refractivity contribution is -0.117. The molecular weight excluding hydrogens is 344 g/mol. The molecule has 0 fully saturated rings. The Kier molecular flexibility index (Phi) is 6.43. The molecule has 0 unspecified atom stereocenters. The fraction of sp³-hybridized carbons (Fsp3) is 0.312. The number of nitrogens with zero attached hydrogens (tertiary/aromatic N) is 2. The minimum Gasteiger partial charge on any atom is -0.381 e. The van der Waals surface area contributed by atoms with Crippen molar-refractivity contribution in [1.29, 1.82) is 0 Å². The van der Waals surface area contributed by atoms with E-state index in [0.29, 0.717) is 24.6 Å². The van der Waals surface area contributed by atoms with Gasteiger partial charge in [-0.15, -0.1) is 0 Å². The first kappa shape index (κ1) is 18.8. The zero-order valence-corrected chi connectivity index (χ0v) is 14.8. The molecule has 2 N–H and O–H groups in total. The monoisotopic (exact) mass is 364 g/mol. The van der Waals surface area contributed by atoms with Crippen molar-refractivity contribution in [2.24, 2.45) is 0 Å². The van der Waals surface area contributed by atoms with Crippen molar-refractivity contribution in [3.63, 3.8) is 0 Å². The van der Waals surface area contributed by atoms with Crippen LogP contribution in [0.1, 0.15) is 19.0 Å². The largest absolute Gasteiger partial charge is 0.381 e. The molecule has 0 saturated heterocycles. The van der Waals surface area contributed by atoms with Crippen LogP contribution in [0.25, 0.3) is 0 Å². The number of anilines is 2. The molecular formula is C16H20N4O4S. The Morgan fingerprint density at radius 3 is 2.56 bits per heavy atom. The second-order valence-electron chi connectivity index (χ2n) is 5.15. The summed E-state index contributed by atoms with van der Waals surface area (Å²) in [5, 5.41) is 2.68. The molecule has 1 amide bonds. The highest BCUT2D eigenvalue weighted by atomic mass is 32.2. The number of nitrogens with one attached hydrogen (secondary N) is 2. The minimum absolute atomic E-state index is 0.00769. The summed E-state index contributed by atoms with van der Waals surface area (Å²) < 4.78 is 32.1. The number of carbonyl (C=O) groups excluding carboxylic acids is 1. The van der Waals surface area contributed by atoms with Crippen LogP contribution in [0.2, 0.25) is 0 Å². The molecule has 1 heterocycles. The Balaban J connectivity index is 2.02. The molecule has 0 atom stereocenters. The van der Waals surface area contributed by atoms with Crippen molar-refractivity contribution in [3.8, 4) is 0 Å². The third kappa shape index (κ3) is 5.80. The fourth-order valence-electron chi connectivity index (χ4n) is 1.93. The van der Waals surface area contributed by atoms with Crippen molar-refractivity contribution >= 4 is 27.6 Å². The minimum atomic E-state index is -3.80. The first-order chi connectivity index (χ1) is 11.9. The molecule has 0 radical (unpaired) electrons. The topological polar surface area (TPSA) is 110 Å². The average Bonchev–Trinajstić information content (AvgIpc) is 2.55. The van der Waals surface area contributed by atoms with Gasteiger partial charge in [-0.25, -0.2) is 23.1 Å². The quantitative estimate of drug-likeness (QED) is 0.693. The molecule has 0 bridgehead atoms. The van der Waals surface area contributed by atoms with E-state index in [2.05, 4.69) is 20.0 Å². The molecule has 0 saturated carbocycles. The van der Waals surface area contributed by atoms with Gasteiger partial charge in [0.25, 0.3) is 10.0 Å². The van der Waals surface area contributed by atoms with Crippen LogP contribution in [0.3, 0.4) is 0 Å². The van der Waals surface area contributed by atoms with E-state index in [0.717, 1.165) is 0 Å². The van der Waals surface area contributed by atoms with Gasteiger partial charge in [-0.2, -0.15) is 0 Å². The number of ether oxygens (including phenoxy) is 1. The third-order valence-electron chi connectivity index (χ3n) is 3.15. The van der Waals surface area contributed by atoms with Gasteiger partial charge in [-0.3, -0.25) is 4.79 Å². The van der Waals surface area contributed by atoms with Crippen LogP contribution >= 0.6 is 0 Å². The highest BCUT2D eigenvalue weighted by Gasteiger charge is 2.15. The Morgan fingerprint density at radius 2 is 1.92 bits per heavy atom. The van der Waals surface area contributed by atoms with Crippen LogP contribution in [0.5, 0.6) is 0 Å². The molecule has 2 rings (SSSR count). The first-order valence-corrected chi connectivity index (χ1v) is 9.19. The highest BCUT2D eigenvalue weighted by Crippen LogP contribution is 2.16. The summed E-state index contributed by atoms with van der Waals surface area (Å²) in [6.07, 6.45) is 1.71. The first-order valence-electron chi connectivity index (χ1n) is 7.71. The number of sulfonamides is 1. The number of rotatable bonds is 8. The predicted molar refractivity (Wildman–Crippen MR) is 93.8 cm³/mol. The van der Waals surface area contributed by atoms with Gasteiger partial charge in [0.05, 0.1) is 17.9 Å². The maximum absolute atomic E-state index is 12.3. The number of amides is 1. The van der Waals surface area contributed by atoms with Crippen molar-refractivity contribution in [3.05, 3.63) is 42.2 Å². The van der Waals surface area contributed by atoms with Crippen LogP contribution in [0, 0.1) is 6.92 Å². The van der Waals surface area contributed by atoms with Gasteiger partial charge in [-0.1, -0.05) is 0 Å². The molecule has 9 heteroatoms. The zero-order chi connectivity index (χ0) is 18.3. The highest BCUT2D eigenvalue weighted by molar-refractivity contribution is 7.92. The van der Waals surface area contributed by atoms with Gasteiger partial charge in [0.15, 0.2) is 0 Å². The number of carbonyl (C=O) groups is 1. The van der Waals surface area contributed by atoms with Gasteiger partial charge in [0.2, 0.25) is 11.9 Å². The molecule has 0 spiro atoms. The van der Waals surface area contributed by atoms with Crippen molar-refractivity contribution in [2.45, 2.75) is 25.2 Å². The number of aromatic nitrogens is 2. The van der Waals surface area contributed by atoms with E-state index in [1.54, 1.807) is 13.0 Å². The number of hydrogen-bond acceptors (Lipinski definition) is 6.